The van der Waals surface area contributed by atoms with Crippen molar-refractivity contribution in [3.8, 4) is 0 Å². The molecule has 0 spiro atoms. The van der Waals surface area contributed by atoms with Crippen molar-refractivity contribution < 1.29 is 9.59 Å². The van der Waals surface area contributed by atoms with Crippen molar-refractivity contribution in [2.75, 3.05) is 23.7 Å². The number of carbonyl (C=O) groups is 2. The number of amides is 2. The second-order valence-electron chi connectivity index (χ2n) is 6.64. The van der Waals surface area contributed by atoms with Gasteiger partial charge in [-0.25, -0.2) is 0 Å². The Hall–Kier alpha value is -2.66. The van der Waals surface area contributed by atoms with Crippen LogP contribution in [0.15, 0.2) is 54.6 Å². The van der Waals surface area contributed by atoms with E-state index in [0.717, 1.165) is 49.3 Å². The number of carbonyl (C=O) groups excluding carboxylic acids is 2. The van der Waals surface area contributed by atoms with E-state index in [1.54, 1.807) is 0 Å². The molecule has 1 saturated heterocycles. The fourth-order valence-corrected chi connectivity index (χ4v) is 3.08. The first-order valence-electron chi connectivity index (χ1n) is 9.16. The zero-order valence-corrected chi connectivity index (χ0v) is 14.8. The molecule has 1 aliphatic heterocycles. The lowest BCUT2D eigenvalue weighted by Crippen LogP contribution is -2.37. The van der Waals surface area contributed by atoms with Gasteiger partial charge < -0.3 is 16.0 Å². The van der Waals surface area contributed by atoms with E-state index in [1.165, 1.54) is 0 Å². The SMILES string of the molecule is O=C(CCc1ccccc1)Nc1ccc(NC(=O)C2CCCNC2)cc1. The molecule has 0 saturated carbocycles. The van der Waals surface area contributed by atoms with Crippen molar-refractivity contribution in [1.29, 1.82) is 0 Å². The van der Waals surface area contributed by atoms with Crippen LogP contribution in [0.3, 0.4) is 0 Å². The molecule has 5 heteroatoms. The van der Waals surface area contributed by atoms with Crippen molar-refractivity contribution in [3.05, 3.63) is 60.2 Å². The van der Waals surface area contributed by atoms with Crippen molar-refractivity contribution >= 4 is 23.2 Å². The summed E-state index contributed by atoms with van der Waals surface area (Å²) in [5.74, 6) is 0.0666. The summed E-state index contributed by atoms with van der Waals surface area (Å²) in [6.07, 6.45) is 3.12. The van der Waals surface area contributed by atoms with E-state index in [4.69, 9.17) is 0 Å². The largest absolute Gasteiger partial charge is 0.326 e. The molecule has 1 unspecified atom stereocenters. The number of nitrogens with one attached hydrogen (secondary N) is 3. The molecule has 0 aromatic heterocycles. The van der Waals surface area contributed by atoms with Gasteiger partial charge in [-0.1, -0.05) is 30.3 Å². The van der Waals surface area contributed by atoms with Gasteiger partial charge in [0.2, 0.25) is 11.8 Å². The summed E-state index contributed by atoms with van der Waals surface area (Å²) in [5.41, 5.74) is 2.64. The maximum Gasteiger partial charge on any atom is 0.228 e. The minimum absolute atomic E-state index is 0.0149. The summed E-state index contributed by atoms with van der Waals surface area (Å²) in [5, 5.41) is 9.09. The van der Waals surface area contributed by atoms with Gasteiger partial charge in [0, 0.05) is 24.3 Å². The van der Waals surface area contributed by atoms with Gasteiger partial charge in [0.1, 0.15) is 0 Å². The van der Waals surface area contributed by atoms with E-state index in [9.17, 15) is 9.59 Å². The first kappa shape index (κ1) is 18.1. The Bertz CT molecular complexity index is 723. The highest BCUT2D eigenvalue weighted by atomic mass is 16.2. The zero-order chi connectivity index (χ0) is 18.2. The molecule has 3 rings (SSSR count). The van der Waals surface area contributed by atoms with Gasteiger partial charge in [-0.05, 0) is 55.6 Å². The van der Waals surface area contributed by atoms with E-state index in [1.807, 2.05) is 54.6 Å². The van der Waals surface area contributed by atoms with Crippen molar-refractivity contribution in [2.45, 2.75) is 25.7 Å². The number of piperidine rings is 1. The number of benzene rings is 2. The highest BCUT2D eigenvalue weighted by molar-refractivity contribution is 5.94. The van der Waals surface area contributed by atoms with Crippen LogP contribution in [0, 0.1) is 5.92 Å². The molecule has 1 atom stereocenters. The highest BCUT2D eigenvalue weighted by Gasteiger charge is 2.20. The standard InChI is InChI=1S/C21H25N3O2/c25-20(13-8-16-5-2-1-3-6-16)23-18-9-11-19(12-10-18)24-21(26)17-7-4-14-22-15-17/h1-3,5-6,9-12,17,22H,4,7-8,13-15H2,(H,23,25)(H,24,26). The minimum atomic E-state index is -0.0149. The molecule has 1 aliphatic rings. The fraction of sp³-hybridized carbons (Fsp3) is 0.333. The predicted octanol–water partition coefficient (Wildman–Crippen LogP) is 3.20. The van der Waals surface area contributed by atoms with E-state index in [2.05, 4.69) is 16.0 Å². The van der Waals surface area contributed by atoms with Crippen molar-refractivity contribution in [1.82, 2.24) is 5.32 Å². The molecule has 0 bridgehead atoms. The summed E-state index contributed by atoms with van der Waals surface area (Å²) in [6.45, 7) is 1.73. The Balaban J connectivity index is 1.46. The highest BCUT2D eigenvalue weighted by Crippen LogP contribution is 2.17. The van der Waals surface area contributed by atoms with Gasteiger partial charge in [-0.2, -0.15) is 0 Å². The smallest absolute Gasteiger partial charge is 0.228 e. The fourth-order valence-electron chi connectivity index (χ4n) is 3.08. The minimum Gasteiger partial charge on any atom is -0.326 e. The molecule has 0 radical (unpaired) electrons. The summed E-state index contributed by atoms with van der Waals surface area (Å²) in [7, 11) is 0. The van der Waals surface area contributed by atoms with Crippen LogP contribution >= 0.6 is 0 Å². The normalized spacial score (nSPS) is 16.7. The summed E-state index contributed by atoms with van der Waals surface area (Å²) in [4.78, 5) is 24.3. The third-order valence-corrected chi connectivity index (χ3v) is 4.59. The molecular weight excluding hydrogens is 326 g/mol. The molecule has 2 aromatic carbocycles. The number of hydrogen-bond acceptors (Lipinski definition) is 3. The van der Waals surface area contributed by atoms with Crippen LogP contribution in [0.2, 0.25) is 0 Å². The van der Waals surface area contributed by atoms with Crippen LogP contribution in [0.4, 0.5) is 11.4 Å². The van der Waals surface area contributed by atoms with Gasteiger partial charge >= 0.3 is 0 Å². The molecule has 0 aliphatic carbocycles. The first-order chi connectivity index (χ1) is 12.7. The molecule has 136 valence electrons. The quantitative estimate of drug-likeness (QED) is 0.748. The lowest BCUT2D eigenvalue weighted by Gasteiger charge is -2.21. The molecule has 5 nitrogen and oxygen atoms in total. The molecule has 3 N–H and O–H groups in total. The molecule has 1 heterocycles. The Morgan fingerprint density at radius 1 is 0.962 bits per heavy atom. The summed E-state index contributed by atoms with van der Waals surface area (Å²) < 4.78 is 0. The Morgan fingerprint density at radius 2 is 1.65 bits per heavy atom. The molecular formula is C21H25N3O2. The molecule has 1 fully saturated rings. The van der Waals surface area contributed by atoms with Crippen LogP contribution in [0.25, 0.3) is 0 Å². The first-order valence-corrected chi connectivity index (χ1v) is 9.16. The van der Waals surface area contributed by atoms with Gasteiger partial charge in [-0.15, -0.1) is 0 Å². The van der Waals surface area contributed by atoms with Crippen LogP contribution in [0.5, 0.6) is 0 Å². The maximum absolute atomic E-state index is 12.2. The van der Waals surface area contributed by atoms with Crippen molar-refractivity contribution in [2.24, 2.45) is 5.92 Å². The molecule has 2 aromatic rings. The van der Waals surface area contributed by atoms with Gasteiger partial charge in [0.15, 0.2) is 0 Å². The number of rotatable bonds is 6. The Kier molecular flexibility index (Phi) is 6.39. The summed E-state index contributed by atoms with van der Waals surface area (Å²) in [6, 6.07) is 17.2. The van der Waals surface area contributed by atoms with E-state index in [-0.39, 0.29) is 17.7 Å². The number of anilines is 2. The number of aryl methyl sites for hydroxylation is 1. The second kappa shape index (κ2) is 9.15. The second-order valence-corrected chi connectivity index (χ2v) is 6.64. The summed E-state index contributed by atoms with van der Waals surface area (Å²) >= 11 is 0. The van der Waals surface area contributed by atoms with E-state index >= 15 is 0 Å². The van der Waals surface area contributed by atoms with Crippen molar-refractivity contribution in [3.63, 3.8) is 0 Å². The maximum atomic E-state index is 12.2. The molecule has 2 amide bonds. The topological polar surface area (TPSA) is 70.2 Å². The van der Waals surface area contributed by atoms with Crippen LogP contribution in [0.1, 0.15) is 24.8 Å². The van der Waals surface area contributed by atoms with E-state index in [0.29, 0.717) is 6.42 Å². The van der Waals surface area contributed by atoms with Gasteiger partial charge in [-0.3, -0.25) is 9.59 Å². The third kappa shape index (κ3) is 5.43. The molecule has 26 heavy (non-hydrogen) atoms. The van der Waals surface area contributed by atoms with Crippen LogP contribution < -0.4 is 16.0 Å². The monoisotopic (exact) mass is 351 g/mol. The Morgan fingerprint density at radius 3 is 2.31 bits per heavy atom. The third-order valence-electron chi connectivity index (χ3n) is 4.59. The van der Waals surface area contributed by atoms with Crippen LogP contribution in [-0.2, 0) is 16.0 Å². The van der Waals surface area contributed by atoms with Gasteiger partial charge in [0.25, 0.3) is 0 Å². The lowest BCUT2D eigenvalue weighted by atomic mass is 9.99. The van der Waals surface area contributed by atoms with Gasteiger partial charge in [0.05, 0.1) is 5.92 Å². The predicted molar refractivity (Wildman–Crippen MR) is 104 cm³/mol. The number of hydrogen-bond donors (Lipinski definition) is 3. The zero-order valence-electron chi connectivity index (χ0n) is 14.8. The Labute approximate surface area is 154 Å². The average Bonchev–Trinajstić information content (AvgIpc) is 2.69. The van der Waals surface area contributed by atoms with Crippen LogP contribution in [-0.4, -0.2) is 24.9 Å². The average molecular weight is 351 g/mol. The van der Waals surface area contributed by atoms with E-state index < -0.39 is 0 Å². The lowest BCUT2D eigenvalue weighted by molar-refractivity contribution is -0.120.